The fraction of sp³-hybridized carbons (Fsp3) is 0.429. The lowest BCUT2D eigenvalue weighted by Crippen LogP contribution is -2.87. The largest absolute Gasteiger partial charge is 0.465 e. The number of esters is 1. The van der Waals surface area contributed by atoms with Crippen LogP contribution in [0.2, 0.25) is 0 Å². The predicted octanol–water partition coefficient (Wildman–Crippen LogP) is 0.631. The molecule has 0 aromatic heterocycles. The quantitative estimate of drug-likeness (QED) is 0.741. The van der Waals surface area contributed by atoms with Crippen LogP contribution in [0.15, 0.2) is 24.3 Å². The number of rotatable bonds is 6. The maximum absolute atomic E-state index is 11.8. The number of methoxy groups -OCH3 is 1. The number of benzene rings is 1. The Morgan fingerprint density at radius 2 is 2.00 bits per heavy atom. The summed E-state index contributed by atoms with van der Waals surface area (Å²) < 4.78 is 4.67. The van der Waals surface area contributed by atoms with Crippen LogP contribution in [0.3, 0.4) is 0 Å². The number of quaternary nitrogens is 1. The molecular weight excluding hydrogens is 244 g/mol. The van der Waals surface area contributed by atoms with Crippen molar-refractivity contribution in [1.82, 2.24) is 0 Å². The van der Waals surface area contributed by atoms with Gasteiger partial charge in [0.1, 0.15) is 0 Å². The van der Waals surface area contributed by atoms with Crippen molar-refractivity contribution in [2.45, 2.75) is 13.8 Å². The molecule has 1 rings (SSSR count). The topological polar surface area (TPSA) is 72.0 Å². The lowest BCUT2D eigenvalue weighted by Gasteiger charge is -2.09. The number of para-hydroxylation sites is 1. The van der Waals surface area contributed by atoms with Gasteiger partial charge < -0.3 is 15.4 Å². The Labute approximate surface area is 113 Å². The number of nitrogens with two attached hydrogens (primary N) is 1. The van der Waals surface area contributed by atoms with Crippen molar-refractivity contribution < 1.29 is 19.6 Å². The minimum atomic E-state index is -0.456. The molecule has 1 aromatic carbocycles. The zero-order valence-electron chi connectivity index (χ0n) is 11.6. The van der Waals surface area contributed by atoms with Crippen LogP contribution in [0.25, 0.3) is 0 Å². The highest BCUT2D eigenvalue weighted by molar-refractivity contribution is 6.01. The van der Waals surface area contributed by atoms with Gasteiger partial charge in [-0.3, -0.25) is 4.79 Å². The van der Waals surface area contributed by atoms with E-state index in [1.165, 1.54) is 7.11 Å². The first-order chi connectivity index (χ1) is 9.04. The van der Waals surface area contributed by atoms with Gasteiger partial charge in [0, 0.05) is 5.92 Å². The zero-order valence-corrected chi connectivity index (χ0v) is 11.6. The van der Waals surface area contributed by atoms with Gasteiger partial charge in [-0.25, -0.2) is 4.79 Å². The average Bonchev–Trinajstić information content (AvgIpc) is 2.38. The SMILES string of the molecule is COC(=O)c1ccccc1NC(=O)C[NH2+]CC(C)C. The van der Waals surface area contributed by atoms with E-state index in [4.69, 9.17) is 0 Å². The maximum Gasteiger partial charge on any atom is 0.339 e. The highest BCUT2D eigenvalue weighted by Crippen LogP contribution is 2.15. The van der Waals surface area contributed by atoms with E-state index in [1.54, 1.807) is 24.3 Å². The van der Waals surface area contributed by atoms with E-state index in [0.717, 1.165) is 6.54 Å². The second-order valence-electron chi connectivity index (χ2n) is 4.71. The first-order valence-electron chi connectivity index (χ1n) is 6.33. The van der Waals surface area contributed by atoms with Crippen molar-refractivity contribution in [2.24, 2.45) is 5.92 Å². The Morgan fingerprint density at radius 1 is 1.32 bits per heavy atom. The molecule has 0 atom stereocenters. The summed E-state index contributed by atoms with van der Waals surface area (Å²) >= 11 is 0. The lowest BCUT2D eigenvalue weighted by atomic mass is 10.2. The van der Waals surface area contributed by atoms with Crippen molar-refractivity contribution >= 4 is 17.6 Å². The first kappa shape index (κ1) is 15.2. The standard InChI is InChI=1S/C14H20N2O3/c1-10(2)8-15-9-13(17)16-12-7-5-4-6-11(12)14(18)19-3/h4-7,10,15H,8-9H2,1-3H3,(H,16,17)/p+1. The maximum atomic E-state index is 11.8. The number of hydrogen-bond donors (Lipinski definition) is 2. The average molecular weight is 265 g/mol. The summed E-state index contributed by atoms with van der Waals surface area (Å²) in [6, 6.07) is 6.80. The predicted molar refractivity (Wildman–Crippen MR) is 72.9 cm³/mol. The summed E-state index contributed by atoms with van der Waals surface area (Å²) in [4.78, 5) is 23.3. The molecule has 0 radical (unpaired) electrons. The molecule has 19 heavy (non-hydrogen) atoms. The Kier molecular flexibility index (Phi) is 6.02. The minimum absolute atomic E-state index is 0.128. The molecule has 0 aliphatic rings. The highest BCUT2D eigenvalue weighted by atomic mass is 16.5. The molecule has 1 aromatic rings. The molecule has 0 saturated carbocycles. The summed E-state index contributed by atoms with van der Waals surface area (Å²) in [6.07, 6.45) is 0. The molecule has 5 nitrogen and oxygen atoms in total. The van der Waals surface area contributed by atoms with Gasteiger partial charge in [0.25, 0.3) is 5.91 Å². The van der Waals surface area contributed by atoms with Gasteiger partial charge >= 0.3 is 5.97 Å². The summed E-state index contributed by atoms with van der Waals surface area (Å²) in [6.45, 7) is 5.43. The molecule has 1 amide bonds. The van der Waals surface area contributed by atoms with Gasteiger partial charge in [0.2, 0.25) is 0 Å². The van der Waals surface area contributed by atoms with Crippen LogP contribution in [0.1, 0.15) is 24.2 Å². The molecular formula is C14H21N2O3+. The Hall–Kier alpha value is -1.88. The minimum Gasteiger partial charge on any atom is -0.465 e. The summed E-state index contributed by atoms with van der Waals surface area (Å²) in [5, 5.41) is 4.67. The van der Waals surface area contributed by atoms with Gasteiger partial charge in [0.05, 0.1) is 24.9 Å². The third kappa shape index (κ3) is 5.09. The molecule has 5 heteroatoms. The van der Waals surface area contributed by atoms with Crippen molar-refractivity contribution in [3.8, 4) is 0 Å². The van der Waals surface area contributed by atoms with Crippen LogP contribution in [-0.4, -0.2) is 32.1 Å². The zero-order chi connectivity index (χ0) is 14.3. The van der Waals surface area contributed by atoms with Gasteiger partial charge in [-0.2, -0.15) is 0 Å². The third-order valence-corrected chi connectivity index (χ3v) is 2.57. The summed E-state index contributed by atoms with van der Waals surface area (Å²) in [5.41, 5.74) is 0.847. The van der Waals surface area contributed by atoms with Crippen LogP contribution in [0, 0.1) is 5.92 Å². The van der Waals surface area contributed by atoms with Gasteiger partial charge in [-0.1, -0.05) is 26.0 Å². The second-order valence-corrected chi connectivity index (χ2v) is 4.71. The van der Waals surface area contributed by atoms with Crippen molar-refractivity contribution in [1.29, 1.82) is 0 Å². The van der Waals surface area contributed by atoms with E-state index in [0.29, 0.717) is 23.7 Å². The van der Waals surface area contributed by atoms with E-state index in [9.17, 15) is 9.59 Å². The number of amides is 1. The molecule has 0 unspecified atom stereocenters. The molecule has 0 heterocycles. The van der Waals surface area contributed by atoms with Gasteiger partial charge in [-0.15, -0.1) is 0 Å². The smallest absolute Gasteiger partial charge is 0.339 e. The number of anilines is 1. The molecule has 0 spiro atoms. The van der Waals surface area contributed by atoms with Crippen LogP contribution in [-0.2, 0) is 9.53 Å². The van der Waals surface area contributed by atoms with E-state index >= 15 is 0 Å². The van der Waals surface area contributed by atoms with Crippen molar-refractivity contribution in [3.05, 3.63) is 29.8 Å². The van der Waals surface area contributed by atoms with Gasteiger partial charge in [-0.05, 0) is 12.1 Å². The number of carbonyl (C=O) groups excluding carboxylic acids is 2. The molecule has 0 fully saturated rings. The summed E-state index contributed by atoms with van der Waals surface area (Å²) in [5.74, 6) is -0.0470. The van der Waals surface area contributed by atoms with Crippen molar-refractivity contribution in [3.63, 3.8) is 0 Å². The van der Waals surface area contributed by atoms with Crippen LogP contribution < -0.4 is 10.6 Å². The van der Waals surface area contributed by atoms with Crippen LogP contribution >= 0.6 is 0 Å². The Bertz CT molecular complexity index is 444. The first-order valence-corrected chi connectivity index (χ1v) is 6.33. The molecule has 104 valence electrons. The number of carbonyl (C=O) groups is 2. The van der Waals surface area contributed by atoms with E-state index in [2.05, 4.69) is 23.9 Å². The van der Waals surface area contributed by atoms with Crippen LogP contribution in [0.5, 0.6) is 0 Å². The third-order valence-electron chi connectivity index (χ3n) is 2.57. The Balaban J connectivity index is 2.61. The van der Waals surface area contributed by atoms with E-state index in [-0.39, 0.29) is 5.91 Å². The monoisotopic (exact) mass is 265 g/mol. The highest BCUT2D eigenvalue weighted by Gasteiger charge is 2.13. The number of nitrogens with one attached hydrogen (secondary N) is 1. The number of hydrogen-bond acceptors (Lipinski definition) is 3. The van der Waals surface area contributed by atoms with Gasteiger partial charge in [0.15, 0.2) is 6.54 Å². The summed E-state index contributed by atoms with van der Waals surface area (Å²) in [7, 11) is 1.32. The lowest BCUT2D eigenvalue weighted by molar-refractivity contribution is -0.648. The fourth-order valence-electron chi connectivity index (χ4n) is 1.63. The normalized spacial score (nSPS) is 10.3. The van der Waals surface area contributed by atoms with Crippen LogP contribution in [0.4, 0.5) is 5.69 Å². The van der Waals surface area contributed by atoms with Crippen molar-refractivity contribution in [2.75, 3.05) is 25.5 Å². The van der Waals surface area contributed by atoms with E-state index in [1.807, 2.05) is 5.32 Å². The fourth-order valence-corrected chi connectivity index (χ4v) is 1.63. The molecule has 0 saturated heterocycles. The molecule has 0 aliphatic heterocycles. The molecule has 0 bridgehead atoms. The molecule has 3 N–H and O–H groups in total. The Morgan fingerprint density at radius 3 is 2.63 bits per heavy atom. The number of ether oxygens (including phenoxy) is 1. The van der Waals surface area contributed by atoms with E-state index < -0.39 is 5.97 Å². The molecule has 0 aliphatic carbocycles. The second kappa shape index (κ2) is 7.53.